The summed E-state index contributed by atoms with van der Waals surface area (Å²) in [4.78, 5) is 25.9. The summed E-state index contributed by atoms with van der Waals surface area (Å²) in [6.45, 7) is 3.47. The van der Waals surface area contributed by atoms with Crippen LogP contribution in [0.5, 0.6) is 5.75 Å². The Bertz CT molecular complexity index is 1320. The van der Waals surface area contributed by atoms with Crippen LogP contribution in [0.3, 0.4) is 0 Å². The number of hydrogen-bond donors (Lipinski definition) is 4. The average molecular weight is 598 g/mol. The number of hydrogen-bond acceptors (Lipinski definition) is 10. The first-order chi connectivity index (χ1) is 18.1. The summed E-state index contributed by atoms with van der Waals surface area (Å²) in [5.74, 6) is -0.795. The number of halogens is 3. The molecule has 0 saturated carbocycles. The number of aromatic amines is 1. The van der Waals surface area contributed by atoms with Crippen LogP contribution in [0.1, 0.15) is 27.0 Å². The lowest BCUT2D eigenvalue weighted by Gasteiger charge is -2.33. The maximum Gasteiger partial charge on any atom is 0.459 e. The number of rotatable bonds is 10. The first-order valence-electron chi connectivity index (χ1n) is 11.5. The molecular weight excluding hydrogens is 570 g/mol. The van der Waals surface area contributed by atoms with Gasteiger partial charge in [0.1, 0.15) is 24.0 Å². The Kier molecular flexibility index (Phi) is 9.43. The van der Waals surface area contributed by atoms with E-state index in [2.05, 4.69) is 10.1 Å². The zero-order chi connectivity index (χ0) is 29.2. The largest absolute Gasteiger partial charge is 0.462 e. The third-order valence-electron chi connectivity index (χ3n) is 5.48. The van der Waals surface area contributed by atoms with Crippen LogP contribution in [-0.4, -0.2) is 68.5 Å². The Morgan fingerprint density at radius 1 is 1.28 bits per heavy atom. The van der Waals surface area contributed by atoms with Crippen LogP contribution in [0.25, 0.3) is 0 Å². The van der Waals surface area contributed by atoms with Gasteiger partial charge in [-0.25, -0.2) is 4.57 Å². The second-order valence-corrected chi connectivity index (χ2v) is 10.9. The number of alkyl halides is 3. The molecule has 1 aromatic heterocycles. The van der Waals surface area contributed by atoms with Gasteiger partial charge in [0, 0.05) is 12.3 Å². The zero-order valence-electron chi connectivity index (χ0n) is 20.8. The molecule has 0 spiro atoms. The highest BCUT2D eigenvalue weighted by Crippen LogP contribution is 2.50. The number of aliphatic hydroxyl groups excluding tert-OH is 1. The standard InChI is InChI=1S/C22H27F3N3O9PS/c1-12(2)35-18(31)13(3)27-38(33,37-14-7-5-4-6-8-14)34-11-15-17(30)21(32,22(23,24)25)19(36-15)28-10-9-16(29)26-20(28)39/h4-10,12-13,15,17,19,30,32H,11H2,1-3H3,(H,27,33)(H,26,29,39)/t13-,15+,17?,19+,21?,38?/m0/s1. The summed E-state index contributed by atoms with van der Waals surface area (Å²) >= 11 is 4.89. The molecule has 39 heavy (non-hydrogen) atoms. The molecule has 1 aromatic carbocycles. The van der Waals surface area contributed by atoms with Crippen molar-refractivity contribution in [1.29, 1.82) is 0 Å². The molecule has 1 aliphatic heterocycles. The lowest BCUT2D eigenvalue weighted by Crippen LogP contribution is -2.58. The highest BCUT2D eigenvalue weighted by molar-refractivity contribution is 7.71. The van der Waals surface area contributed by atoms with Crippen molar-refractivity contribution >= 4 is 25.9 Å². The van der Waals surface area contributed by atoms with Crippen LogP contribution in [0, 0.1) is 4.77 Å². The van der Waals surface area contributed by atoms with Gasteiger partial charge in [-0.2, -0.15) is 18.3 Å². The topological polar surface area (TPSA) is 161 Å². The monoisotopic (exact) mass is 597 g/mol. The van der Waals surface area contributed by atoms with Gasteiger partial charge in [-0.3, -0.25) is 23.7 Å². The number of benzene rings is 1. The van der Waals surface area contributed by atoms with Gasteiger partial charge in [0.2, 0.25) is 5.60 Å². The second-order valence-electron chi connectivity index (χ2n) is 8.85. The average Bonchev–Trinajstić information content (AvgIpc) is 3.09. The number of aliphatic hydroxyl groups is 2. The van der Waals surface area contributed by atoms with Crippen molar-refractivity contribution in [1.82, 2.24) is 14.6 Å². The normalized spacial score (nSPS) is 25.7. The van der Waals surface area contributed by atoms with Gasteiger partial charge in [-0.05, 0) is 45.1 Å². The number of carbonyl (C=O) groups excluding carboxylic acids is 1. The highest BCUT2D eigenvalue weighted by Gasteiger charge is 2.71. The Morgan fingerprint density at radius 3 is 2.49 bits per heavy atom. The number of nitrogens with zero attached hydrogens (tertiary/aromatic N) is 1. The predicted molar refractivity (Wildman–Crippen MR) is 131 cm³/mol. The summed E-state index contributed by atoms with van der Waals surface area (Å²) in [7, 11) is -4.54. The molecule has 2 aromatic rings. The quantitative estimate of drug-likeness (QED) is 0.181. The van der Waals surface area contributed by atoms with Gasteiger partial charge < -0.3 is 24.2 Å². The SMILES string of the molecule is CC(C)OC(=O)[C@H](C)NP(=O)(OC[C@H]1O[C@@H](n2ccc(=O)[nH]c2=S)C(O)(C(F)(F)F)C1O)Oc1ccccc1. The number of nitrogens with one attached hydrogen (secondary N) is 2. The molecule has 1 aliphatic rings. The minimum Gasteiger partial charge on any atom is -0.462 e. The van der Waals surface area contributed by atoms with E-state index in [-0.39, 0.29) is 5.75 Å². The van der Waals surface area contributed by atoms with Crippen LogP contribution in [0.4, 0.5) is 13.2 Å². The lowest BCUT2D eigenvalue weighted by atomic mass is 9.93. The van der Waals surface area contributed by atoms with Gasteiger partial charge in [0.25, 0.3) is 5.56 Å². The van der Waals surface area contributed by atoms with Crippen LogP contribution in [0.15, 0.2) is 47.4 Å². The summed E-state index contributed by atoms with van der Waals surface area (Å²) in [6, 6.07) is 7.13. The molecule has 3 rings (SSSR count). The fourth-order valence-corrected chi connectivity index (χ4v) is 5.37. The molecule has 1 fully saturated rings. The number of aromatic nitrogens is 2. The highest BCUT2D eigenvalue weighted by atomic mass is 32.1. The summed E-state index contributed by atoms with van der Waals surface area (Å²) in [5.41, 5.74) is -4.63. The summed E-state index contributed by atoms with van der Waals surface area (Å²) in [6.07, 6.45) is -12.0. The van der Waals surface area contributed by atoms with E-state index in [1.807, 2.05) is 0 Å². The molecule has 2 heterocycles. The fourth-order valence-electron chi connectivity index (χ4n) is 3.61. The molecule has 6 atom stereocenters. The third kappa shape index (κ3) is 6.95. The van der Waals surface area contributed by atoms with E-state index in [1.54, 1.807) is 32.0 Å². The molecule has 216 valence electrons. The second kappa shape index (κ2) is 11.9. The van der Waals surface area contributed by atoms with Gasteiger partial charge >= 0.3 is 19.9 Å². The first-order valence-corrected chi connectivity index (χ1v) is 13.4. The van der Waals surface area contributed by atoms with E-state index in [9.17, 15) is 37.5 Å². The predicted octanol–water partition coefficient (Wildman–Crippen LogP) is 2.59. The molecule has 3 unspecified atom stereocenters. The van der Waals surface area contributed by atoms with Crippen molar-refractivity contribution in [3.8, 4) is 5.75 Å². The van der Waals surface area contributed by atoms with Crippen molar-refractivity contribution in [3.63, 3.8) is 0 Å². The molecule has 12 nitrogen and oxygen atoms in total. The van der Waals surface area contributed by atoms with Crippen LogP contribution in [-0.2, 0) is 23.4 Å². The van der Waals surface area contributed by atoms with E-state index in [0.29, 0.717) is 4.57 Å². The molecule has 0 radical (unpaired) electrons. The van der Waals surface area contributed by atoms with E-state index in [4.69, 9.17) is 30.7 Å². The molecule has 1 saturated heterocycles. The number of ether oxygens (including phenoxy) is 2. The minimum atomic E-state index is -5.45. The van der Waals surface area contributed by atoms with Crippen molar-refractivity contribution in [2.45, 2.75) is 63.1 Å². The van der Waals surface area contributed by atoms with E-state index in [0.717, 1.165) is 12.3 Å². The van der Waals surface area contributed by atoms with Crippen LogP contribution >= 0.6 is 20.0 Å². The van der Waals surface area contributed by atoms with Gasteiger partial charge in [-0.15, -0.1) is 0 Å². The van der Waals surface area contributed by atoms with Crippen molar-refractivity contribution in [2.75, 3.05) is 6.61 Å². The fraction of sp³-hybridized carbons (Fsp3) is 0.500. The van der Waals surface area contributed by atoms with Gasteiger partial charge in [0.05, 0.1) is 12.7 Å². The van der Waals surface area contributed by atoms with Crippen molar-refractivity contribution < 1.29 is 51.3 Å². The Labute approximate surface area is 225 Å². The smallest absolute Gasteiger partial charge is 0.459 e. The molecule has 4 N–H and O–H groups in total. The maximum absolute atomic E-state index is 14.0. The number of esters is 1. The van der Waals surface area contributed by atoms with Gasteiger partial charge in [0.15, 0.2) is 11.0 Å². The first kappa shape index (κ1) is 30.9. The molecular formula is C22H27F3N3O9PS. The molecule has 0 amide bonds. The molecule has 17 heteroatoms. The number of para-hydroxylation sites is 1. The Hall–Kier alpha value is -2.59. The summed E-state index contributed by atoms with van der Waals surface area (Å²) in [5, 5.41) is 23.6. The van der Waals surface area contributed by atoms with Gasteiger partial charge in [-0.1, -0.05) is 18.2 Å². The van der Waals surface area contributed by atoms with Crippen LogP contribution < -0.4 is 15.2 Å². The lowest BCUT2D eigenvalue weighted by molar-refractivity contribution is -0.304. The van der Waals surface area contributed by atoms with E-state index in [1.165, 1.54) is 19.1 Å². The maximum atomic E-state index is 14.0. The van der Waals surface area contributed by atoms with E-state index < -0.39 is 73.0 Å². The third-order valence-corrected chi connectivity index (χ3v) is 7.43. The van der Waals surface area contributed by atoms with Crippen LogP contribution in [0.2, 0.25) is 0 Å². The van der Waals surface area contributed by atoms with Crippen molar-refractivity contribution in [3.05, 3.63) is 57.7 Å². The van der Waals surface area contributed by atoms with E-state index >= 15 is 0 Å². The summed E-state index contributed by atoms with van der Waals surface area (Å²) < 4.78 is 76.9. The Morgan fingerprint density at radius 2 is 1.92 bits per heavy atom. The minimum absolute atomic E-state index is 0.0230. The molecule has 0 aliphatic carbocycles. The number of H-pyrrole nitrogens is 1. The van der Waals surface area contributed by atoms with Crippen molar-refractivity contribution in [2.24, 2.45) is 0 Å². The zero-order valence-corrected chi connectivity index (χ0v) is 22.5. The molecule has 0 bridgehead atoms. The Balaban J connectivity index is 1.90. The number of carbonyl (C=O) groups is 1.